The normalized spacial score (nSPS) is 12.6. The molecule has 0 saturated carbocycles. The largest absolute Gasteiger partial charge is 0.466 e. The van der Waals surface area contributed by atoms with E-state index < -0.39 is 12.1 Å². The SMILES string of the molecule is CCCCC/C=C\C/C=C\CCCCCCCCCC(=O)OCCCCCCCCCCCCCCCCCCCCCCCCCCCCCCCCCC(=O)NC(CO)C(O)CCCCCCCCCCCC. The molecule has 2 unspecified atom stereocenters. The first-order valence-corrected chi connectivity index (χ1v) is 34.1. The van der Waals surface area contributed by atoms with Gasteiger partial charge in [-0.15, -0.1) is 0 Å². The molecule has 0 bridgehead atoms. The van der Waals surface area contributed by atoms with Gasteiger partial charge in [0.2, 0.25) is 5.91 Å². The number of aliphatic hydroxyl groups excluding tert-OH is 2. The quantitative estimate of drug-likeness (QED) is 0.0320. The van der Waals surface area contributed by atoms with Gasteiger partial charge in [0.05, 0.1) is 25.4 Å². The van der Waals surface area contributed by atoms with Crippen molar-refractivity contribution in [2.75, 3.05) is 13.2 Å². The lowest BCUT2D eigenvalue weighted by molar-refractivity contribution is -0.143. The maximum Gasteiger partial charge on any atom is 0.305 e. The molecule has 0 aromatic rings. The van der Waals surface area contributed by atoms with E-state index in [0.29, 0.717) is 25.9 Å². The summed E-state index contributed by atoms with van der Waals surface area (Å²) < 4.78 is 5.50. The van der Waals surface area contributed by atoms with Crippen LogP contribution in [0.1, 0.15) is 380 Å². The highest BCUT2D eigenvalue weighted by atomic mass is 16.5. The van der Waals surface area contributed by atoms with Crippen LogP contribution >= 0.6 is 0 Å². The first kappa shape index (κ1) is 73.3. The van der Waals surface area contributed by atoms with E-state index in [-0.39, 0.29) is 18.5 Å². The van der Waals surface area contributed by atoms with Crippen molar-refractivity contribution in [2.45, 2.75) is 392 Å². The third-order valence-electron chi connectivity index (χ3n) is 16.0. The minimum Gasteiger partial charge on any atom is -0.466 e. The maximum absolute atomic E-state index is 12.4. The molecule has 0 rings (SSSR count). The standard InChI is InChI=1S/C69H133NO5/c1-3-5-7-9-11-13-15-16-17-33-37-40-43-47-51-55-59-63-69(74)75-64-60-56-52-48-44-41-38-35-32-30-28-26-24-22-20-18-19-21-23-25-27-29-31-34-36-39-42-46-50-54-58-62-68(73)70-66(65-71)67(72)61-57-53-49-45-14-12-10-8-6-4-2/h11,13,16-17,66-67,71-72H,3-10,12,14-15,18-65H2,1-2H3,(H,70,73)/b13-11-,17-16-. The Hall–Kier alpha value is -1.66. The highest BCUT2D eigenvalue weighted by Gasteiger charge is 2.20. The van der Waals surface area contributed by atoms with Crippen molar-refractivity contribution < 1.29 is 24.5 Å². The van der Waals surface area contributed by atoms with Gasteiger partial charge in [0.1, 0.15) is 0 Å². The summed E-state index contributed by atoms with van der Waals surface area (Å²) in [4.78, 5) is 24.5. The number of hydrogen-bond acceptors (Lipinski definition) is 5. The van der Waals surface area contributed by atoms with Crippen LogP contribution in [0.15, 0.2) is 24.3 Å². The van der Waals surface area contributed by atoms with Gasteiger partial charge in [-0.05, 0) is 57.8 Å². The molecule has 6 heteroatoms. The summed E-state index contributed by atoms with van der Waals surface area (Å²) in [6.07, 6.45) is 80.9. The Balaban J connectivity index is 3.29. The zero-order valence-corrected chi connectivity index (χ0v) is 50.8. The fraction of sp³-hybridized carbons (Fsp3) is 0.913. The average Bonchev–Trinajstić information content (AvgIpc) is 3.41. The second kappa shape index (κ2) is 64.9. The van der Waals surface area contributed by atoms with Gasteiger partial charge in [0.15, 0.2) is 0 Å². The lowest BCUT2D eigenvalue weighted by Crippen LogP contribution is -2.45. The maximum atomic E-state index is 12.4. The number of aliphatic hydroxyl groups is 2. The van der Waals surface area contributed by atoms with Gasteiger partial charge >= 0.3 is 5.97 Å². The number of unbranched alkanes of at least 4 members (excludes halogenated alkanes) is 49. The van der Waals surface area contributed by atoms with Gasteiger partial charge in [0.25, 0.3) is 0 Å². The number of rotatable bonds is 64. The number of esters is 1. The van der Waals surface area contributed by atoms with Crippen LogP contribution < -0.4 is 5.32 Å². The Morgan fingerprint density at radius 2 is 0.667 bits per heavy atom. The fourth-order valence-electron chi connectivity index (χ4n) is 10.8. The smallest absolute Gasteiger partial charge is 0.305 e. The van der Waals surface area contributed by atoms with Gasteiger partial charge in [-0.1, -0.05) is 334 Å². The summed E-state index contributed by atoms with van der Waals surface area (Å²) in [5.74, 6) is -0.0175. The zero-order valence-electron chi connectivity index (χ0n) is 50.8. The van der Waals surface area contributed by atoms with E-state index in [9.17, 15) is 19.8 Å². The van der Waals surface area contributed by atoms with Gasteiger partial charge in [-0.2, -0.15) is 0 Å². The topological polar surface area (TPSA) is 95.9 Å². The van der Waals surface area contributed by atoms with Crippen LogP contribution in [-0.4, -0.2) is 47.4 Å². The molecular formula is C69H133NO5. The van der Waals surface area contributed by atoms with Crippen LogP contribution in [0.2, 0.25) is 0 Å². The molecule has 0 heterocycles. The van der Waals surface area contributed by atoms with Crippen LogP contribution in [0.3, 0.4) is 0 Å². The second-order valence-corrected chi connectivity index (χ2v) is 23.5. The fourth-order valence-corrected chi connectivity index (χ4v) is 10.8. The van der Waals surface area contributed by atoms with Crippen molar-refractivity contribution >= 4 is 11.9 Å². The number of allylic oxidation sites excluding steroid dienone is 4. The van der Waals surface area contributed by atoms with Crippen LogP contribution in [0.5, 0.6) is 0 Å². The highest BCUT2D eigenvalue weighted by Crippen LogP contribution is 2.19. The number of carbonyl (C=O) groups excluding carboxylic acids is 2. The first-order valence-electron chi connectivity index (χ1n) is 34.1. The Kier molecular flexibility index (Phi) is 63.4. The van der Waals surface area contributed by atoms with Crippen LogP contribution in [0.4, 0.5) is 0 Å². The van der Waals surface area contributed by atoms with E-state index in [0.717, 1.165) is 51.4 Å². The Morgan fingerprint density at radius 3 is 1.04 bits per heavy atom. The van der Waals surface area contributed by atoms with Gasteiger partial charge in [-0.3, -0.25) is 9.59 Å². The van der Waals surface area contributed by atoms with Crippen molar-refractivity contribution in [1.29, 1.82) is 0 Å². The third-order valence-corrected chi connectivity index (χ3v) is 16.0. The second-order valence-electron chi connectivity index (χ2n) is 23.5. The summed E-state index contributed by atoms with van der Waals surface area (Å²) in [5.41, 5.74) is 0. The molecule has 0 aromatic carbocycles. The number of carbonyl (C=O) groups is 2. The van der Waals surface area contributed by atoms with Crippen molar-refractivity contribution in [2.24, 2.45) is 0 Å². The number of hydrogen-bond donors (Lipinski definition) is 3. The monoisotopic (exact) mass is 1060 g/mol. The summed E-state index contributed by atoms with van der Waals surface area (Å²) in [5, 5.41) is 23.2. The van der Waals surface area contributed by atoms with E-state index in [1.165, 1.54) is 295 Å². The number of nitrogens with one attached hydrogen (secondary N) is 1. The minimum atomic E-state index is -0.659. The Morgan fingerprint density at radius 1 is 0.373 bits per heavy atom. The Labute approximate surface area is 469 Å². The predicted octanol–water partition coefficient (Wildman–Crippen LogP) is 21.8. The van der Waals surface area contributed by atoms with Gasteiger partial charge in [0, 0.05) is 12.8 Å². The van der Waals surface area contributed by atoms with E-state index in [1.807, 2.05) is 0 Å². The molecular weight excluding hydrogens is 923 g/mol. The van der Waals surface area contributed by atoms with Crippen LogP contribution in [-0.2, 0) is 14.3 Å². The van der Waals surface area contributed by atoms with E-state index >= 15 is 0 Å². The average molecular weight is 1060 g/mol. The van der Waals surface area contributed by atoms with E-state index in [1.54, 1.807) is 0 Å². The summed E-state index contributed by atoms with van der Waals surface area (Å²) >= 11 is 0. The minimum absolute atomic E-state index is 0.0133. The van der Waals surface area contributed by atoms with Gasteiger partial charge in [-0.25, -0.2) is 0 Å². The van der Waals surface area contributed by atoms with Gasteiger partial charge < -0.3 is 20.3 Å². The molecule has 444 valence electrons. The molecule has 0 saturated heterocycles. The van der Waals surface area contributed by atoms with Crippen molar-refractivity contribution in [3.05, 3.63) is 24.3 Å². The molecule has 2 atom stereocenters. The Bertz CT molecular complexity index is 1170. The highest BCUT2D eigenvalue weighted by molar-refractivity contribution is 5.76. The summed E-state index contributed by atoms with van der Waals surface area (Å²) in [6, 6.07) is -0.536. The number of amides is 1. The first-order chi connectivity index (χ1) is 37.0. The molecule has 0 aromatic heterocycles. The molecule has 0 aliphatic carbocycles. The third kappa shape index (κ3) is 61.4. The summed E-state index contributed by atoms with van der Waals surface area (Å²) in [7, 11) is 0. The molecule has 1 amide bonds. The molecule has 0 aliphatic rings. The molecule has 75 heavy (non-hydrogen) atoms. The van der Waals surface area contributed by atoms with Crippen molar-refractivity contribution in [3.63, 3.8) is 0 Å². The summed E-state index contributed by atoms with van der Waals surface area (Å²) in [6.45, 7) is 4.94. The lowest BCUT2D eigenvalue weighted by atomic mass is 10.0. The molecule has 0 spiro atoms. The van der Waals surface area contributed by atoms with Crippen LogP contribution in [0.25, 0.3) is 0 Å². The molecule has 6 nitrogen and oxygen atoms in total. The van der Waals surface area contributed by atoms with E-state index in [2.05, 4.69) is 43.5 Å². The van der Waals surface area contributed by atoms with Crippen LogP contribution in [0, 0.1) is 0 Å². The van der Waals surface area contributed by atoms with Crippen molar-refractivity contribution in [3.8, 4) is 0 Å². The lowest BCUT2D eigenvalue weighted by Gasteiger charge is -2.22. The van der Waals surface area contributed by atoms with Crippen molar-refractivity contribution in [1.82, 2.24) is 5.32 Å². The molecule has 0 aliphatic heterocycles. The molecule has 0 radical (unpaired) electrons. The zero-order chi connectivity index (χ0) is 54.3. The molecule has 0 fully saturated rings. The predicted molar refractivity (Wildman–Crippen MR) is 329 cm³/mol. The van der Waals surface area contributed by atoms with E-state index in [4.69, 9.17) is 4.74 Å². The molecule has 3 N–H and O–H groups in total. The number of ether oxygens (including phenoxy) is 1.